The third-order valence-corrected chi connectivity index (χ3v) is 6.03. The first-order valence-electron chi connectivity index (χ1n) is 8.42. The van der Waals surface area contributed by atoms with Crippen molar-refractivity contribution in [3.63, 3.8) is 0 Å². The number of benzene rings is 2. The minimum absolute atomic E-state index is 0.152. The molecule has 0 aliphatic carbocycles. The normalized spacial score (nSPS) is 13.9. The van der Waals surface area contributed by atoms with Crippen molar-refractivity contribution in [2.45, 2.75) is 12.8 Å². The van der Waals surface area contributed by atoms with E-state index < -0.39 is 10.0 Å². The molecule has 0 atom stereocenters. The number of anilines is 1. The van der Waals surface area contributed by atoms with E-state index in [-0.39, 0.29) is 19.0 Å². The average Bonchev–Trinajstić information content (AvgIpc) is 3.03. The van der Waals surface area contributed by atoms with Crippen molar-refractivity contribution in [1.82, 2.24) is 4.31 Å². The highest BCUT2D eigenvalue weighted by molar-refractivity contribution is 7.88. The molecule has 0 saturated carbocycles. The van der Waals surface area contributed by atoms with Crippen molar-refractivity contribution in [3.8, 4) is 0 Å². The first-order chi connectivity index (χ1) is 12.3. The van der Waals surface area contributed by atoms with E-state index in [1.807, 2.05) is 36.4 Å². The largest absolute Gasteiger partial charge is 0.311 e. The molecule has 2 aromatic carbocycles. The summed E-state index contributed by atoms with van der Waals surface area (Å²) in [6.45, 7) is 0.690. The van der Waals surface area contributed by atoms with Gasteiger partial charge in [-0.3, -0.25) is 4.79 Å². The van der Waals surface area contributed by atoms with Gasteiger partial charge in [0, 0.05) is 23.8 Å². The summed E-state index contributed by atoms with van der Waals surface area (Å²) >= 11 is 5.87. The van der Waals surface area contributed by atoms with Gasteiger partial charge in [-0.15, -0.1) is 0 Å². The molecule has 5 nitrogen and oxygen atoms in total. The predicted octanol–water partition coefficient (Wildman–Crippen LogP) is 2.73. The van der Waals surface area contributed by atoms with Gasteiger partial charge >= 0.3 is 0 Å². The SMILES string of the molecule is CS(=O)(=O)N(CCc1ccc(Cl)cc1)CC(=O)N1CCc2ccccc21. The molecular formula is C19H21ClN2O3S. The Kier molecular flexibility index (Phi) is 5.65. The van der Waals surface area contributed by atoms with Crippen LogP contribution in [0.3, 0.4) is 0 Å². The van der Waals surface area contributed by atoms with Crippen LogP contribution in [0.5, 0.6) is 0 Å². The molecule has 1 heterocycles. The fourth-order valence-electron chi connectivity index (χ4n) is 3.10. The second-order valence-corrected chi connectivity index (χ2v) is 8.82. The van der Waals surface area contributed by atoms with Crippen molar-refractivity contribution in [2.75, 3.05) is 30.8 Å². The van der Waals surface area contributed by atoms with Crippen LogP contribution >= 0.6 is 11.6 Å². The summed E-state index contributed by atoms with van der Waals surface area (Å²) in [5, 5.41) is 0.636. The fourth-order valence-corrected chi connectivity index (χ4v) is 3.99. The molecule has 0 bridgehead atoms. The highest BCUT2D eigenvalue weighted by atomic mass is 35.5. The van der Waals surface area contributed by atoms with E-state index in [9.17, 15) is 13.2 Å². The van der Waals surface area contributed by atoms with E-state index in [1.165, 1.54) is 4.31 Å². The quantitative estimate of drug-likeness (QED) is 0.759. The molecular weight excluding hydrogens is 372 g/mol. The lowest BCUT2D eigenvalue weighted by molar-refractivity contribution is -0.118. The van der Waals surface area contributed by atoms with Gasteiger partial charge in [-0.25, -0.2) is 8.42 Å². The molecule has 1 aliphatic heterocycles. The summed E-state index contributed by atoms with van der Waals surface area (Å²) < 4.78 is 25.5. The van der Waals surface area contributed by atoms with Crippen LogP contribution in [0.2, 0.25) is 5.02 Å². The van der Waals surface area contributed by atoms with Crippen LogP contribution in [0.1, 0.15) is 11.1 Å². The third-order valence-electron chi connectivity index (χ3n) is 4.53. The molecule has 0 radical (unpaired) electrons. The van der Waals surface area contributed by atoms with Crippen LogP contribution in [0, 0.1) is 0 Å². The van der Waals surface area contributed by atoms with E-state index >= 15 is 0 Å². The molecule has 1 amide bonds. The maximum Gasteiger partial charge on any atom is 0.242 e. The number of amides is 1. The number of carbonyl (C=O) groups excluding carboxylic acids is 1. The monoisotopic (exact) mass is 392 g/mol. The van der Waals surface area contributed by atoms with Gasteiger partial charge in [-0.05, 0) is 42.2 Å². The lowest BCUT2D eigenvalue weighted by atomic mass is 10.1. The molecule has 26 heavy (non-hydrogen) atoms. The molecule has 1 aliphatic rings. The fraction of sp³-hybridized carbons (Fsp3) is 0.316. The summed E-state index contributed by atoms with van der Waals surface area (Å²) in [4.78, 5) is 14.4. The molecule has 138 valence electrons. The zero-order valence-electron chi connectivity index (χ0n) is 14.6. The van der Waals surface area contributed by atoms with Gasteiger partial charge in [-0.1, -0.05) is 41.9 Å². The number of halogens is 1. The van der Waals surface area contributed by atoms with Gasteiger partial charge in [0.1, 0.15) is 0 Å². The number of sulfonamides is 1. The molecule has 2 aromatic rings. The number of nitrogens with zero attached hydrogens (tertiary/aromatic N) is 2. The topological polar surface area (TPSA) is 57.7 Å². The standard InChI is InChI=1S/C19H21ClN2O3S/c1-26(24,25)21(12-10-15-6-8-17(20)9-7-15)14-19(23)22-13-11-16-4-2-3-5-18(16)22/h2-9H,10-14H2,1H3. The number of rotatable bonds is 6. The molecule has 0 N–H and O–H groups in total. The van der Waals surface area contributed by atoms with E-state index in [1.54, 1.807) is 17.0 Å². The van der Waals surface area contributed by atoms with Crippen molar-refractivity contribution < 1.29 is 13.2 Å². The van der Waals surface area contributed by atoms with Crippen molar-refractivity contribution in [2.24, 2.45) is 0 Å². The van der Waals surface area contributed by atoms with Crippen LogP contribution in [0.4, 0.5) is 5.69 Å². The minimum atomic E-state index is -3.49. The zero-order valence-corrected chi connectivity index (χ0v) is 16.1. The Bertz CT molecular complexity index is 897. The number of fused-ring (bicyclic) bond motifs is 1. The number of carbonyl (C=O) groups is 1. The van der Waals surface area contributed by atoms with Crippen molar-refractivity contribution >= 4 is 33.2 Å². The maximum absolute atomic E-state index is 12.7. The Morgan fingerprint density at radius 3 is 2.54 bits per heavy atom. The first-order valence-corrected chi connectivity index (χ1v) is 10.6. The molecule has 7 heteroatoms. The average molecular weight is 393 g/mol. The summed E-state index contributed by atoms with van der Waals surface area (Å²) in [6.07, 6.45) is 2.46. The number of hydrogen-bond acceptors (Lipinski definition) is 3. The highest BCUT2D eigenvalue weighted by Gasteiger charge is 2.28. The third kappa shape index (κ3) is 4.44. The van der Waals surface area contributed by atoms with Crippen LogP contribution < -0.4 is 4.90 Å². The minimum Gasteiger partial charge on any atom is -0.311 e. The maximum atomic E-state index is 12.7. The van der Waals surface area contributed by atoms with Gasteiger partial charge < -0.3 is 4.90 Å². The molecule has 0 aromatic heterocycles. The second-order valence-electron chi connectivity index (χ2n) is 6.40. The van der Waals surface area contributed by atoms with Crippen LogP contribution in [0.15, 0.2) is 48.5 Å². The smallest absolute Gasteiger partial charge is 0.242 e. The van der Waals surface area contributed by atoms with Gasteiger partial charge in [0.25, 0.3) is 0 Å². The summed E-state index contributed by atoms with van der Waals surface area (Å²) in [5.74, 6) is -0.198. The molecule has 0 spiro atoms. The van der Waals surface area contributed by atoms with Crippen molar-refractivity contribution in [3.05, 3.63) is 64.7 Å². The lowest BCUT2D eigenvalue weighted by Crippen LogP contribution is -2.42. The van der Waals surface area contributed by atoms with Gasteiger partial charge in [0.15, 0.2) is 0 Å². The highest BCUT2D eigenvalue weighted by Crippen LogP contribution is 2.27. The van der Waals surface area contributed by atoms with Gasteiger partial charge in [0.2, 0.25) is 15.9 Å². The molecule has 0 unspecified atom stereocenters. The zero-order chi connectivity index (χ0) is 18.7. The Morgan fingerprint density at radius 1 is 1.15 bits per heavy atom. The molecule has 3 rings (SSSR count). The molecule has 0 saturated heterocycles. The predicted molar refractivity (Wildman–Crippen MR) is 104 cm³/mol. The summed E-state index contributed by atoms with van der Waals surface area (Å²) in [7, 11) is -3.49. The van der Waals surface area contributed by atoms with Crippen molar-refractivity contribution in [1.29, 1.82) is 0 Å². The van der Waals surface area contributed by atoms with E-state index in [0.29, 0.717) is 18.0 Å². The van der Waals surface area contributed by atoms with Crippen LogP contribution in [-0.4, -0.2) is 44.5 Å². The Morgan fingerprint density at radius 2 is 1.85 bits per heavy atom. The number of hydrogen-bond donors (Lipinski definition) is 0. The van der Waals surface area contributed by atoms with Gasteiger partial charge in [-0.2, -0.15) is 4.31 Å². The van der Waals surface area contributed by atoms with E-state index in [2.05, 4.69) is 0 Å². The first kappa shape index (κ1) is 18.9. The van der Waals surface area contributed by atoms with E-state index in [0.717, 1.165) is 29.5 Å². The van der Waals surface area contributed by atoms with Gasteiger partial charge in [0.05, 0.1) is 12.8 Å². The van der Waals surface area contributed by atoms with Crippen LogP contribution in [0.25, 0.3) is 0 Å². The summed E-state index contributed by atoms with van der Waals surface area (Å²) in [6, 6.07) is 15.0. The number of para-hydroxylation sites is 1. The Labute approximate surface area is 159 Å². The second kappa shape index (κ2) is 7.78. The Balaban J connectivity index is 1.69. The molecule has 0 fully saturated rings. The summed E-state index contributed by atoms with van der Waals surface area (Å²) in [5.41, 5.74) is 2.97. The van der Waals surface area contributed by atoms with Crippen LogP contribution in [-0.2, 0) is 27.7 Å². The Hall–Kier alpha value is -1.89. The van der Waals surface area contributed by atoms with E-state index in [4.69, 9.17) is 11.6 Å². The lowest BCUT2D eigenvalue weighted by Gasteiger charge is -2.23.